The molecule has 7 heteroatoms. The normalized spacial score (nSPS) is 11.9. The second-order valence-electron chi connectivity index (χ2n) is 3.39. The summed E-state index contributed by atoms with van der Waals surface area (Å²) in [5.41, 5.74) is 0.0387. The van der Waals surface area contributed by atoms with E-state index in [2.05, 4.69) is 15.5 Å². The molecule has 2 N–H and O–H groups in total. The maximum Gasteiger partial charge on any atom is 0.326 e. The van der Waals surface area contributed by atoms with Crippen LogP contribution in [0, 0.1) is 0 Å². The van der Waals surface area contributed by atoms with Gasteiger partial charge in [-0.05, 0) is 18.6 Å². The first-order chi connectivity index (χ1) is 8.04. The summed E-state index contributed by atoms with van der Waals surface area (Å²) in [6.07, 6.45) is 1.02. The summed E-state index contributed by atoms with van der Waals surface area (Å²) in [6, 6.07) is 1.89. The molecule has 1 rings (SSSR count). The van der Waals surface area contributed by atoms with E-state index in [-0.39, 0.29) is 10.8 Å². The Morgan fingerprint density at radius 3 is 2.65 bits per heavy atom. The molecule has 6 nitrogen and oxygen atoms in total. The number of aliphatic carboxylic acids is 1. The Morgan fingerprint density at radius 2 is 2.18 bits per heavy atom. The molecule has 17 heavy (non-hydrogen) atoms. The number of hydrogen-bond donors (Lipinski definition) is 2. The summed E-state index contributed by atoms with van der Waals surface area (Å²) >= 11 is 5.52. The molecular formula is C10H12ClN3O3. The Hall–Kier alpha value is -1.69. The molecule has 1 unspecified atom stereocenters. The summed E-state index contributed by atoms with van der Waals surface area (Å²) in [5.74, 6) is -1.64. The number of amides is 1. The van der Waals surface area contributed by atoms with Gasteiger partial charge in [-0.15, -0.1) is 10.2 Å². The summed E-state index contributed by atoms with van der Waals surface area (Å²) in [5, 5.41) is 18.5. The molecule has 1 aromatic rings. The fourth-order valence-electron chi connectivity index (χ4n) is 1.22. The van der Waals surface area contributed by atoms with E-state index in [4.69, 9.17) is 16.7 Å². The van der Waals surface area contributed by atoms with Gasteiger partial charge in [0.05, 0.1) is 0 Å². The third-order valence-electron chi connectivity index (χ3n) is 2.05. The highest BCUT2D eigenvalue weighted by atomic mass is 35.5. The Morgan fingerprint density at radius 1 is 1.47 bits per heavy atom. The molecule has 1 aromatic heterocycles. The summed E-state index contributed by atoms with van der Waals surface area (Å²) in [6.45, 7) is 1.84. The SMILES string of the molecule is CCCC(NC(=O)c1ccc(Cl)nn1)C(=O)O. The van der Waals surface area contributed by atoms with Gasteiger partial charge in [0.2, 0.25) is 0 Å². The maximum atomic E-state index is 11.6. The third kappa shape index (κ3) is 3.99. The maximum absolute atomic E-state index is 11.6. The van der Waals surface area contributed by atoms with Crippen molar-refractivity contribution in [2.75, 3.05) is 0 Å². The molecule has 1 amide bonds. The Balaban J connectivity index is 2.70. The number of carbonyl (C=O) groups is 2. The van der Waals surface area contributed by atoms with Crippen LogP contribution in [0.5, 0.6) is 0 Å². The van der Waals surface area contributed by atoms with Crippen molar-refractivity contribution in [1.82, 2.24) is 15.5 Å². The van der Waals surface area contributed by atoms with Gasteiger partial charge in [-0.1, -0.05) is 24.9 Å². The molecule has 0 aliphatic carbocycles. The van der Waals surface area contributed by atoms with Gasteiger partial charge in [0.15, 0.2) is 10.8 Å². The molecule has 0 radical (unpaired) electrons. The quantitative estimate of drug-likeness (QED) is 0.824. The highest BCUT2D eigenvalue weighted by Crippen LogP contribution is 2.03. The summed E-state index contributed by atoms with van der Waals surface area (Å²) in [7, 11) is 0. The topological polar surface area (TPSA) is 92.2 Å². The monoisotopic (exact) mass is 257 g/mol. The van der Waals surface area contributed by atoms with Crippen molar-refractivity contribution in [3.05, 3.63) is 23.0 Å². The molecule has 1 heterocycles. The van der Waals surface area contributed by atoms with Gasteiger partial charge in [0, 0.05) is 0 Å². The smallest absolute Gasteiger partial charge is 0.326 e. The first kappa shape index (κ1) is 13.4. The minimum absolute atomic E-state index is 0.0387. The van der Waals surface area contributed by atoms with E-state index >= 15 is 0 Å². The average Bonchev–Trinajstić information content (AvgIpc) is 2.29. The van der Waals surface area contributed by atoms with Crippen LogP contribution < -0.4 is 5.32 Å². The average molecular weight is 258 g/mol. The number of carboxylic acids is 1. The van der Waals surface area contributed by atoms with E-state index in [0.29, 0.717) is 12.8 Å². The molecular weight excluding hydrogens is 246 g/mol. The van der Waals surface area contributed by atoms with Crippen LogP contribution in [0.4, 0.5) is 0 Å². The molecule has 0 fully saturated rings. The lowest BCUT2D eigenvalue weighted by Crippen LogP contribution is -2.41. The van der Waals surface area contributed by atoms with Crippen LogP contribution in [-0.4, -0.2) is 33.2 Å². The van der Waals surface area contributed by atoms with Crippen LogP contribution in [-0.2, 0) is 4.79 Å². The van der Waals surface area contributed by atoms with E-state index in [9.17, 15) is 9.59 Å². The number of carboxylic acid groups (broad SMARTS) is 1. The van der Waals surface area contributed by atoms with Crippen molar-refractivity contribution in [3.8, 4) is 0 Å². The van der Waals surface area contributed by atoms with Crippen LogP contribution in [0.25, 0.3) is 0 Å². The predicted molar refractivity (Wildman–Crippen MR) is 60.8 cm³/mol. The number of nitrogens with one attached hydrogen (secondary N) is 1. The number of halogens is 1. The van der Waals surface area contributed by atoms with E-state index in [1.807, 2.05) is 6.92 Å². The van der Waals surface area contributed by atoms with Gasteiger partial charge in [-0.25, -0.2) is 4.79 Å². The van der Waals surface area contributed by atoms with Crippen LogP contribution in [0.15, 0.2) is 12.1 Å². The predicted octanol–water partition coefficient (Wildman–Crippen LogP) is 1.11. The standard InChI is InChI=1S/C10H12ClN3O3/c1-2-3-7(10(16)17)12-9(15)6-4-5-8(11)14-13-6/h4-5,7H,2-3H2,1H3,(H,12,15)(H,16,17). The minimum atomic E-state index is -1.07. The number of nitrogens with zero attached hydrogens (tertiary/aromatic N) is 2. The number of aromatic nitrogens is 2. The van der Waals surface area contributed by atoms with Crippen LogP contribution in [0.2, 0.25) is 5.15 Å². The lowest BCUT2D eigenvalue weighted by Gasteiger charge is -2.12. The molecule has 0 saturated heterocycles. The van der Waals surface area contributed by atoms with Crippen molar-refractivity contribution in [1.29, 1.82) is 0 Å². The molecule has 0 aliphatic rings. The van der Waals surface area contributed by atoms with Gasteiger partial charge in [0.25, 0.3) is 5.91 Å². The van der Waals surface area contributed by atoms with Crippen molar-refractivity contribution in [3.63, 3.8) is 0 Å². The zero-order chi connectivity index (χ0) is 12.8. The highest BCUT2D eigenvalue weighted by Gasteiger charge is 2.20. The zero-order valence-corrected chi connectivity index (χ0v) is 9.94. The first-order valence-corrected chi connectivity index (χ1v) is 5.45. The molecule has 0 aromatic carbocycles. The number of rotatable bonds is 5. The Bertz CT molecular complexity index is 408. The second-order valence-corrected chi connectivity index (χ2v) is 3.78. The molecule has 0 spiro atoms. The largest absolute Gasteiger partial charge is 0.480 e. The van der Waals surface area contributed by atoms with Gasteiger partial charge in [0.1, 0.15) is 6.04 Å². The lowest BCUT2D eigenvalue weighted by atomic mass is 10.1. The van der Waals surface area contributed by atoms with Gasteiger partial charge < -0.3 is 10.4 Å². The first-order valence-electron chi connectivity index (χ1n) is 5.07. The summed E-state index contributed by atoms with van der Waals surface area (Å²) < 4.78 is 0. The van der Waals surface area contributed by atoms with Crippen LogP contribution in [0.3, 0.4) is 0 Å². The van der Waals surface area contributed by atoms with Crippen molar-refractivity contribution in [2.24, 2.45) is 0 Å². The Kier molecular flexibility index (Phi) is 4.84. The van der Waals surface area contributed by atoms with Gasteiger partial charge >= 0.3 is 5.97 Å². The zero-order valence-electron chi connectivity index (χ0n) is 9.18. The molecule has 92 valence electrons. The van der Waals surface area contributed by atoms with E-state index in [0.717, 1.165) is 0 Å². The lowest BCUT2D eigenvalue weighted by molar-refractivity contribution is -0.139. The highest BCUT2D eigenvalue weighted by molar-refractivity contribution is 6.29. The fourth-order valence-corrected chi connectivity index (χ4v) is 1.32. The van der Waals surface area contributed by atoms with Crippen molar-refractivity contribution >= 4 is 23.5 Å². The third-order valence-corrected chi connectivity index (χ3v) is 2.25. The Labute approximate surface area is 103 Å². The molecule has 0 bridgehead atoms. The number of carbonyl (C=O) groups excluding carboxylic acids is 1. The van der Waals surface area contributed by atoms with Gasteiger partial charge in [-0.3, -0.25) is 4.79 Å². The van der Waals surface area contributed by atoms with Crippen LogP contribution in [0.1, 0.15) is 30.3 Å². The van der Waals surface area contributed by atoms with Crippen LogP contribution >= 0.6 is 11.6 Å². The van der Waals surface area contributed by atoms with Crippen molar-refractivity contribution in [2.45, 2.75) is 25.8 Å². The van der Waals surface area contributed by atoms with E-state index < -0.39 is 17.9 Å². The second kappa shape index (κ2) is 6.15. The van der Waals surface area contributed by atoms with E-state index in [1.54, 1.807) is 0 Å². The van der Waals surface area contributed by atoms with Gasteiger partial charge in [-0.2, -0.15) is 0 Å². The molecule has 0 aliphatic heterocycles. The molecule has 1 atom stereocenters. The van der Waals surface area contributed by atoms with E-state index in [1.165, 1.54) is 12.1 Å². The fraction of sp³-hybridized carbons (Fsp3) is 0.400. The minimum Gasteiger partial charge on any atom is -0.480 e. The molecule has 0 saturated carbocycles. The van der Waals surface area contributed by atoms with Crippen molar-refractivity contribution < 1.29 is 14.7 Å². The summed E-state index contributed by atoms with van der Waals surface area (Å²) in [4.78, 5) is 22.5. The number of hydrogen-bond acceptors (Lipinski definition) is 4.